The molecule has 0 amide bonds. The average Bonchev–Trinajstić information content (AvgIpc) is 2.49. The van der Waals surface area contributed by atoms with Gasteiger partial charge in [0.15, 0.2) is 0 Å². The average molecular weight is 264 g/mol. The van der Waals surface area contributed by atoms with Crippen LogP contribution < -0.4 is 0 Å². The number of rotatable bonds is 2. The van der Waals surface area contributed by atoms with Crippen molar-refractivity contribution in [2.45, 2.75) is 95.5 Å². The second-order valence-corrected chi connectivity index (χ2v) is 7.67. The molecule has 0 aromatic carbocycles. The van der Waals surface area contributed by atoms with Gasteiger partial charge >= 0.3 is 0 Å². The Bertz CT molecular complexity index is 265. The summed E-state index contributed by atoms with van der Waals surface area (Å²) in [4.78, 5) is 0. The Labute approximate surface area is 119 Å². The van der Waals surface area contributed by atoms with Gasteiger partial charge in [0.1, 0.15) is 0 Å². The first-order valence-corrected chi connectivity index (χ1v) is 9.00. The third kappa shape index (κ3) is 3.17. The third-order valence-electron chi connectivity index (χ3n) is 6.57. The molecule has 110 valence electrons. The molecule has 0 atom stereocenters. The van der Waals surface area contributed by atoms with E-state index < -0.39 is 0 Å². The molecule has 3 rings (SSSR count). The number of aliphatic hydroxyl groups is 1. The molecular formula is C18H32O. The van der Waals surface area contributed by atoms with E-state index in [9.17, 15) is 5.11 Å². The van der Waals surface area contributed by atoms with Crippen LogP contribution in [0.1, 0.15) is 89.9 Å². The lowest BCUT2D eigenvalue weighted by molar-refractivity contribution is -0.0684. The van der Waals surface area contributed by atoms with Gasteiger partial charge in [0.05, 0.1) is 5.60 Å². The van der Waals surface area contributed by atoms with E-state index in [-0.39, 0.29) is 5.60 Å². The molecule has 0 aromatic heterocycles. The van der Waals surface area contributed by atoms with Crippen molar-refractivity contribution in [3.05, 3.63) is 0 Å². The van der Waals surface area contributed by atoms with Crippen molar-refractivity contribution in [2.24, 2.45) is 17.8 Å². The van der Waals surface area contributed by atoms with Crippen molar-refractivity contribution in [2.75, 3.05) is 0 Å². The Morgan fingerprint density at radius 3 is 1.74 bits per heavy atom. The molecule has 0 heterocycles. The summed E-state index contributed by atoms with van der Waals surface area (Å²) in [5.41, 5.74) is -0.268. The lowest BCUT2D eigenvalue weighted by Gasteiger charge is -2.44. The summed E-state index contributed by atoms with van der Waals surface area (Å²) in [6, 6.07) is 0. The lowest BCUT2D eigenvalue weighted by Crippen LogP contribution is -2.42. The van der Waals surface area contributed by atoms with Crippen molar-refractivity contribution in [3.63, 3.8) is 0 Å². The van der Waals surface area contributed by atoms with E-state index in [4.69, 9.17) is 0 Å². The van der Waals surface area contributed by atoms with Gasteiger partial charge in [0.25, 0.3) is 0 Å². The summed E-state index contributed by atoms with van der Waals surface area (Å²) in [5.74, 6) is 2.67. The normalized spacial score (nSPS) is 37.1. The van der Waals surface area contributed by atoms with E-state index in [2.05, 4.69) is 0 Å². The zero-order valence-corrected chi connectivity index (χ0v) is 12.6. The van der Waals surface area contributed by atoms with E-state index in [1.165, 1.54) is 77.0 Å². The highest BCUT2D eigenvalue weighted by Crippen LogP contribution is 2.46. The van der Waals surface area contributed by atoms with Gasteiger partial charge in [-0.05, 0) is 56.3 Å². The van der Waals surface area contributed by atoms with Crippen LogP contribution in [0.15, 0.2) is 0 Å². The first-order valence-electron chi connectivity index (χ1n) is 9.00. The maximum atomic E-state index is 10.9. The van der Waals surface area contributed by atoms with Gasteiger partial charge in [0.2, 0.25) is 0 Å². The Morgan fingerprint density at radius 1 is 0.579 bits per heavy atom. The Morgan fingerprint density at radius 2 is 1.11 bits per heavy atom. The molecule has 0 unspecified atom stereocenters. The van der Waals surface area contributed by atoms with Gasteiger partial charge in [-0.1, -0.05) is 51.4 Å². The van der Waals surface area contributed by atoms with Gasteiger partial charge in [-0.15, -0.1) is 0 Å². The smallest absolute Gasteiger partial charge is 0.0675 e. The molecule has 19 heavy (non-hydrogen) atoms. The second-order valence-electron chi connectivity index (χ2n) is 7.67. The van der Waals surface area contributed by atoms with Gasteiger partial charge in [-0.25, -0.2) is 0 Å². The third-order valence-corrected chi connectivity index (χ3v) is 6.57. The predicted octanol–water partition coefficient (Wildman–Crippen LogP) is 5.07. The molecule has 3 saturated carbocycles. The summed E-state index contributed by atoms with van der Waals surface area (Å²) < 4.78 is 0. The predicted molar refractivity (Wildman–Crippen MR) is 80.1 cm³/mol. The molecular weight excluding hydrogens is 232 g/mol. The van der Waals surface area contributed by atoms with Gasteiger partial charge in [0, 0.05) is 0 Å². The van der Waals surface area contributed by atoms with Crippen LogP contribution in [-0.4, -0.2) is 10.7 Å². The van der Waals surface area contributed by atoms with Gasteiger partial charge < -0.3 is 5.11 Å². The number of hydrogen-bond donors (Lipinski definition) is 1. The molecule has 3 aliphatic rings. The topological polar surface area (TPSA) is 20.2 Å². The van der Waals surface area contributed by atoms with Crippen LogP contribution in [0, 0.1) is 17.8 Å². The van der Waals surface area contributed by atoms with Crippen LogP contribution >= 0.6 is 0 Å². The van der Waals surface area contributed by atoms with Crippen molar-refractivity contribution < 1.29 is 5.11 Å². The molecule has 0 aliphatic heterocycles. The maximum Gasteiger partial charge on any atom is 0.0675 e. The summed E-state index contributed by atoms with van der Waals surface area (Å²) in [6.45, 7) is 0. The highest BCUT2D eigenvalue weighted by molar-refractivity contribution is 4.92. The van der Waals surface area contributed by atoms with E-state index in [1.807, 2.05) is 0 Å². The van der Waals surface area contributed by atoms with E-state index in [0.717, 1.165) is 24.7 Å². The molecule has 0 radical (unpaired) electrons. The monoisotopic (exact) mass is 264 g/mol. The first-order chi connectivity index (χ1) is 9.28. The zero-order chi connectivity index (χ0) is 13.1. The minimum atomic E-state index is -0.268. The quantitative estimate of drug-likeness (QED) is 0.738. The molecule has 0 spiro atoms. The fraction of sp³-hybridized carbons (Fsp3) is 1.00. The first kappa shape index (κ1) is 13.9. The Hall–Kier alpha value is -0.0400. The van der Waals surface area contributed by atoms with Gasteiger partial charge in [-0.3, -0.25) is 0 Å². The van der Waals surface area contributed by atoms with Crippen molar-refractivity contribution >= 4 is 0 Å². The molecule has 1 nitrogen and oxygen atoms in total. The van der Waals surface area contributed by atoms with Crippen molar-refractivity contribution in [1.82, 2.24) is 0 Å². The molecule has 0 saturated heterocycles. The van der Waals surface area contributed by atoms with E-state index >= 15 is 0 Å². The highest BCUT2D eigenvalue weighted by Gasteiger charge is 2.40. The Balaban J connectivity index is 1.51. The second kappa shape index (κ2) is 6.16. The van der Waals surface area contributed by atoms with E-state index in [1.54, 1.807) is 0 Å². The molecule has 1 N–H and O–H groups in total. The largest absolute Gasteiger partial charge is 0.390 e. The summed E-state index contributed by atoms with van der Waals surface area (Å²) in [5, 5.41) is 10.9. The standard InChI is InChI=1S/C18H32O/c19-18(13-5-2-6-14-18)17-11-9-16(10-12-17)15-7-3-1-4-8-15/h15-17,19H,1-14H2. The summed E-state index contributed by atoms with van der Waals surface area (Å²) in [7, 11) is 0. The van der Waals surface area contributed by atoms with Crippen LogP contribution in [0.4, 0.5) is 0 Å². The molecule has 3 fully saturated rings. The van der Waals surface area contributed by atoms with Crippen molar-refractivity contribution in [1.29, 1.82) is 0 Å². The van der Waals surface area contributed by atoms with Crippen molar-refractivity contribution in [3.8, 4) is 0 Å². The molecule has 0 aromatic rings. The number of hydrogen-bond acceptors (Lipinski definition) is 1. The SMILES string of the molecule is OC1(C2CCC(C3CCCCC3)CC2)CCCCC1. The lowest BCUT2D eigenvalue weighted by atomic mass is 9.65. The van der Waals surface area contributed by atoms with E-state index in [0.29, 0.717) is 5.92 Å². The summed E-state index contributed by atoms with van der Waals surface area (Å²) in [6.07, 6.45) is 19.0. The minimum absolute atomic E-state index is 0.268. The van der Waals surface area contributed by atoms with Gasteiger partial charge in [-0.2, -0.15) is 0 Å². The fourth-order valence-corrected chi connectivity index (χ4v) is 5.31. The fourth-order valence-electron chi connectivity index (χ4n) is 5.31. The molecule has 3 aliphatic carbocycles. The Kier molecular flexibility index (Phi) is 4.51. The van der Waals surface area contributed by atoms with Crippen LogP contribution in [0.5, 0.6) is 0 Å². The maximum absolute atomic E-state index is 10.9. The highest BCUT2D eigenvalue weighted by atomic mass is 16.3. The van der Waals surface area contributed by atoms with Crippen LogP contribution in [0.3, 0.4) is 0 Å². The van der Waals surface area contributed by atoms with Crippen LogP contribution in [0.25, 0.3) is 0 Å². The molecule has 0 bridgehead atoms. The summed E-state index contributed by atoms with van der Waals surface area (Å²) >= 11 is 0. The minimum Gasteiger partial charge on any atom is -0.390 e. The van der Waals surface area contributed by atoms with Crippen LogP contribution in [0.2, 0.25) is 0 Å². The van der Waals surface area contributed by atoms with Crippen LogP contribution in [-0.2, 0) is 0 Å². The zero-order valence-electron chi connectivity index (χ0n) is 12.6. The molecule has 1 heteroatoms.